The van der Waals surface area contributed by atoms with E-state index < -0.39 is 24.5 Å². The van der Waals surface area contributed by atoms with Gasteiger partial charge in [-0.25, -0.2) is 4.39 Å². The quantitative estimate of drug-likeness (QED) is 0.654. The molecule has 0 bridgehead atoms. The van der Waals surface area contributed by atoms with E-state index in [9.17, 15) is 9.18 Å². The third kappa shape index (κ3) is 2.10. The number of nitrogens with zero attached hydrogens (tertiary/aromatic N) is 1. The van der Waals surface area contributed by atoms with Crippen LogP contribution >= 0.6 is 0 Å². The number of halogens is 1. The molecule has 4 rings (SSSR count). The van der Waals surface area contributed by atoms with Gasteiger partial charge in [0.25, 0.3) is 0 Å². The molecule has 0 N–H and O–H groups in total. The van der Waals surface area contributed by atoms with Gasteiger partial charge in [-0.15, -0.1) is 0 Å². The summed E-state index contributed by atoms with van der Waals surface area (Å²) in [6.07, 6.45) is -4.52. The molecule has 0 radical (unpaired) electrons. The number of aldehydes is 1. The van der Waals surface area contributed by atoms with Gasteiger partial charge in [-0.3, -0.25) is 9.78 Å². The summed E-state index contributed by atoms with van der Waals surface area (Å²) in [5, 5.41) is 0.584. The van der Waals surface area contributed by atoms with Crippen molar-refractivity contribution in [3.05, 3.63) is 65.6 Å². The van der Waals surface area contributed by atoms with Crippen LogP contribution in [-0.2, 0) is 0 Å². The first-order valence-corrected chi connectivity index (χ1v) is 6.81. The number of hydrogen-bond donors (Lipinski definition) is 0. The Morgan fingerprint density at radius 1 is 1.18 bits per heavy atom. The largest absolute Gasteiger partial charge is 0.298 e. The molecule has 0 aliphatic heterocycles. The monoisotopic (exact) mass is 296 g/mol. The molecule has 0 amide bonds. The summed E-state index contributed by atoms with van der Waals surface area (Å²) < 4.78 is 53.5. The van der Waals surface area contributed by atoms with Crippen molar-refractivity contribution in [1.29, 1.82) is 0 Å². The number of carbonyl (C=O) groups excluding carboxylic acids is 1. The van der Waals surface area contributed by atoms with Crippen molar-refractivity contribution < 1.29 is 16.0 Å². The maximum Gasteiger partial charge on any atom is 0.152 e. The Hall–Kier alpha value is -2.55. The van der Waals surface area contributed by atoms with E-state index in [-0.39, 0.29) is 11.3 Å². The zero-order valence-electron chi connectivity index (χ0n) is 16.4. The van der Waals surface area contributed by atoms with Crippen LogP contribution in [0.1, 0.15) is 41.5 Å². The number of rotatable bonds is 3. The van der Waals surface area contributed by atoms with Crippen LogP contribution in [0.4, 0.5) is 4.39 Å². The molecular formula is C19H14FNO. The van der Waals surface area contributed by atoms with E-state index in [0.717, 1.165) is 0 Å². The lowest BCUT2D eigenvalue weighted by Gasteiger charge is -2.13. The van der Waals surface area contributed by atoms with E-state index >= 15 is 0 Å². The minimum atomic E-state index is -2.49. The van der Waals surface area contributed by atoms with Crippen LogP contribution in [0.3, 0.4) is 0 Å². The summed E-state index contributed by atoms with van der Waals surface area (Å²) in [6.45, 7) is 0. The SMILES string of the molecule is [2H]C1([2H])C([2H])([2H])C1([2H])c1nc2ccccc2c(-c2ccc(F)cc2)c1C=O. The molecule has 108 valence electrons. The predicted molar refractivity (Wildman–Crippen MR) is 84.5 cm³/mol. The lowest BCUT2D eigenvalue weighted by molar-refractivity contribution is 0.112. The fourth-order valence-electron chi connectivity index (χ4n) is 2.61. The highest BCUT2D eigenvalue weighted by Crippen LogP contribution is 2.44. The van der Waals surface area contributed by atoms with Crippen molar-refractivity contribution in [2.24, 2.45) is 0 Å². The second kappa shape index (κ2) is 5.02. The summed E-state index contributed by atoms with van der Waals surface area (Å²) in [4.78, 5) is 16.3. The zero-order chi connectivity index (χ0) is 19.6. The number of fused-ring (bicyclic) bond motifs is 1. The molecule has 2 nitrogen and oxygen atoms in total. The Kier molecular flexibility index (Phi) is 2.01. The van der Waals surface area contributed by atoms with E-state index in [1.165, 1.54) is 24.3 Å². The van der Waals surface area contributed by atoms with Crippen LogP contribution in [0.25, 0.3) is 22.0 Å². The van der Waals surface area contributed by atoms with E-state index in [2.05, 4.69) is 4.98 Å². The highest BCUT2D eigenvalue weighted by atomic mass is 19.1. The lowest BCUT2D eigenvalue weighted by atomic mass is 9.93. The van der Waals surface area contributed by atoms with Crippen molar-refractivity contribution in [1.82, 2.24) is 4.98 Å². The number of aromatic nitrogens is 1. The standard InChI is InChI=1S/C19H14FNO/c20-14-9-7-12(8-10-14)18-15-3-1-2-4-17(15)21-19(13-5-6-13)16(18)11-22/h1-4,7-11,13H,5-6H2/i5D2,6D2,13D. The normalized spacial score (nSPS) is 23.6. The molecule has 0 saturated heterocycles. The molecule has 2 aromatic carbocycles. The summed E-state index contributed by atoms with van der Waals surface area (Å²) in [7, 11) is 0. The molecule has 3 heteroatoms. The number of carbonyl (C=O) groups is 1. The Morgan fingerprint density at radius 2 is 1.91 bits per heavy atom. The first-order valence-electron chi connectivity index (χ1n) is 9.31. The van der Waals surface area contributed by atoms with Gasteiger partial charge in [-0.1, -0.05) is 30.3 Å². The molecule has 1 heterocycles. The zero-order valence-corrected chi connectivity index (χ0v) is 11.4. The van der Waals surface area contributed by atoms with Gasteiger partial charge in [0, 0.05) is 29.3 Å². The highest BCUT2D eigenvalue weighted by Gasteiger charge is 2.30. The van der Waals surface area contributed by atoms with Crippen molar-refractivity contribution >= 4 is 17.2 Å². The van der Waals surface area contributed by atoms with Crippen molar-refractivity contribution in [2.45, 2.75) is 18.6 Å². The van der Waals surface area contributed by atoms with Crippen molar-refractivity contribution in [3.63, 3.8) is 0 Å². The molecule has 1 aromatic heterocycles. The summed E-state index contributed by atoms with van der Waals surface area (Å²) in [6, 6.07) is 12.3. The van der Waals surface area contributed by atoms with Crippen LogP contribution in [0.15, 0.2) is 48.5 Å². The Bertz CT molecular complexity index is 1070. The summed E-state index contributed by atoms with van der Waals surface area (Å²) in [5.41, 5.74) is 0.994. The van der Waals surface area contributed by atoms with Gasteiger partial charge < -0.3 is 0 Å². The maximum absolute atomic E-state index is 13.4. The lowest BCUT2D eigenvalue weighted by Crippen LogP contribution is -2.00. The number of benzene rings is 2. The van der Waals surface area contributed by atoms with E-state index in [4.69, 9.17) is 6.85 Å². The van der Waals surface area contributed by atoms with E-state index in [1.54, 1.807) is 24.3 Å². The number of hydrogen-bond acceptors (Lipinski definition) is 2. The molecule has 0 spiro atoms. The van der Waals surface area contributed by atoms with Crippen LogP contribution in [0, 0.1) is 5.82 Å². The third-order valence-electron chi connectivity index (χ3n) is 3.67. The van der Waals surface area contributed by atoms with Gasteiger partial charge in [0.15, 0.2) is 6.29 Å². The molecule has 3 aromatic rings. The van der Waals surface area contributed by atoms with Crippen LogP contribution in [-0.4, -0.2) is 11.3 Å². The Balaban J connectivity index is 2.12. The first-order chi connectivity index (χ1) is 12.7. The molecule has 1 fully saturated rings. The van der Waals surface area contributed by atoms with Crippen LogP contribution in [0.5, 0.6) is 0 Å². The number of para-hydroxylation sites is 1. The Morgan fingerprint density at radius 3 is 2.59 bits per heavy atom. The highest BCUT2D eigenvalue weighted by molar-refractivity contribution is 6.03. The van der Waals surface area contributed by atoms with Gasteiger partial charge >= 0.3 is 0 Å². The second-order valence-electron chi connectivity index (χ2n) is 5.02. The second-order valence-corrected chi connectivity index (χ2v) is 5.02. The average Bonchev–Trinajstić information content (AvgIpc) is 2.97. The average molecular weight is 296 g/mol. The van der Waals surface area contributed by atoms with Crippen LogP contribution in [0.2, 0.25) is 0 Å². The van der Waals surface area contributed by atoms with Crippen molar-refractivity contribution in [2.75, 3.05) is 0 Å². The molecular weight excluding hydrogens is 277 g/mol. The van der Waals surface area contributed by atoms with Gasteiger partial charge in [0.1, 0.15) is 5.82 Å². The molecule has 1 aliphatic rings. The predicted octanol–water partition coefficient (Wildman–Crippen LogP) is 4.73. The van der Waals surface area contributed by atoms with Gasteiger partial charge in [0.2, 0.25) is 0 Å². The van der Waals surface area contributed by atoms with E-state index in [1.807, 2.05) is 0 Å². The smallest absolute Gasteiger partial charge is 0.152 e. The third-order valence-corrected chi connectivity index (χ3v) is 3.67. The Labute approximate surface area is 134 Å². The van der Waals surface area contributed by atoms with Gasteiger partial charge in [-0.2, -0.15) is 0 Å². The van der Waals surface area contributed by atoms with Gasteiger partial charge in [-0.05, 0) is 36.5 Å². The molecule has 1 aliphatic carbocycles. The minimum absolute atomic E-state index is 0.0550. The maximum atomic E-state index is 13.4. The first kappa shape index (κ1) is 8.79. The minimum Gasteiger partial charge on any atom is -0.298 e. The summed E-state index contributed by atoms with van der Waals surface area (Å²) >= 11 is 0. The molecule has 0 atom stereocenters. The van der Waals surface area contributed by atoms with Crippen LogP contribution < -0.4 is 0 Å². The van der Waals surface area contributed by atoms with E-state index in [0.29, 0.717) is 28.3 Å². The fourth-order valence-corrected chi connectivity index (χ4v) is 2.61. The summed E-state index contributed by atoms with van der Waals surface area (Å²) in [5.74, 6) is -2.76. The molecule has 22 heavy (non-hydrogen) atoms. The molecule has 1 saturated carbocycles. The van der Waals surface area contributed by atoms with Gasteiger partial charge in [0.05, 0.1) is 11.2 Å². The fraction of sp³-hybridized carbons (Fsp3) is 0.158. The topological polar surface area (TPSA) is 30.0 Å². The van der Waals surface area contributed by atoms with Crippen molar-refractivity contribution in [3.8, 4) is 11.1 Å². The molecule has 0 unspecified atom stereocenters. The number of pyridine rings is 1.